The summed E-state index contributed by atoms with van der Waals surface area (Å²) in [7, 11) is 0. The quantitative estimate of drug-likeness (QED) is 0.0389. The van der Waals surface area contributed by atoms with Crippen molar-refractivity contribution in [2.24, 2.45) is 0 Å². The molecule has 0 bridgehead atoms. The Morgan fingerprint density at radius 2 is 1.06 bits per heavy atom. The highest BCUT2D eigenvalue weighted by molar-refractivity contribution is 5.80. The lowest BCUT2D eigenvalue weighted by Crippen LogP contribution is -2.28. The first-order valence-corrected chi connectivity index (χ1v) is 20.3. The van der Waals surface area contributed by atoms with Crippen molar-refractivity contribution in [1.82, 2.24) is 5.32 Å². The number of hydrogen-bond donors (Lipinski definition) is 2. The van der Waals surface area contributed by atoms with E-state index in [0.717, 1.165) is 83.5 Å². The number of ether oxygens (including phenoxy) is 1. The van der Waals surface area contributed by atoms with Crippen LogP contribution >= 0.6 is 0 Å². The van der Waals surface area contributed by atoms with Gasteiger partial charge < -0.3 is 15.2 Å². The number of amides is 1. The number of carboxylic acid groups (broad SMARTS) is 1. The molecular formula is C43H75NO5. The third-order valence-corrected chi connectivity index (χ3v) is 8.72. The zero-order chi connectivity index (χ0) is 35.9. The molecule has 0 fully saturated rings. The van der Waals surface area contributed by atoms with Gasteiger partial charge in [-0.2, -0.15) is 0 Å². The SMILES string of the molecule is CC/C=C\C/C=C\C/C=C\CCCCCCCCCC(=O)OC(/C=C\CCCCCCCCC)CCCCCCCCC(=O)NCC(=O)O. The normalized spacial score (nSPS) is 12.5. The van der Waals surface area contributed by atoms with Crippen LogP contribution in [-0.2, 0) is 19.1 Å². The molecule has 0 aromatic carbocycles. The van der Waals surface area contributed by atoms with Crippen molar-refractivity contribution in [2.45, 2.75) is 200 Å². The Balaban J connectivity index is 4.16. The molecule has 0 heterocycles. The molecule has 0 spiro atoms. The third-order valence-electron chi connectivity index (χ3n) is 8.72. The lowest BCUT2D eigenvalue weighted by atomic mass is 10.0. The van der Waals surface area contributed by atoms with E-state index in [0.29, 0.717) is 12.8 Å². The Morgan fingerprint density at radius 1 is 0.571 bits per heavy atom. The Bertz CT molecular complexity index is 891. The minimum Gasteiger partial charge on any atom is -0.480 e. The van der Waals surface area contributed by atoms with E-state index in [1.165, 1.54) is 83.5 Å². The topological polar surface area (TPSA) is 92.7 Å². The monoisotopic (exact) mass is 686 g/mol. The van der Waals surface area contributed by atoms with Crippen LogP contribution in [0.1, 0.15) is 194 Å². The second-order valence-corrected chi connectivity index (χ2v) is 13.5. The summed E-state index contributed by atoms with van der Waals surface area (Å²) in [6, 6.07) is 0. The molecule has 49 heavy (non-hydrogen) atoms. The molecular weight excluding hydrogens is 610 g/mol. The minimum atomic E-state index is -1.02. The van der Waals surface area contributed by atoms with Gasteiger partial charge in [-0.3, -0.25) is 14.4 Å². The lowest BCUT2D eigenvalue weighted by Gasteiger charge is -2.15. The average molecular weight is 686 g/mol. The number of unbranched alkanes of at least 4 members (excludes halogenated alkanes) is 19. The highest BCUT2D eigenvalue weighted by atomic mass is 16.5. The molecule has 2 N–H and O–H groups in total. The fourth-order valence-electron chi connectivity index (χ4n) is 5.73. The Labute approximate surface area is 301 Å². The predicted octanol–water partition coefficient (Wildman–Crippen LogP) is 12.3. The van der Waals surface area contributed by atoms with E-state index in [1.54, 1.807) is 0 Å². The van der Waals surface area contributed by atoms with Crippen LogP contribution < -0.4 is 5.32 Å². The van der Waals surface area contributed by atoms with E-state index in [4.69, 9.17) is 9.84 Å². The molecule has 0 aliphatic heterocycles. The molecule has 0 saturated heterocycles. The number of allylic oxidation sites excluding steroid dienone is 7. The molecule has 0 aliphatic carbocycles. The van der Waals surface area contributed by atoms with Gasteiger partial charge >= 0.3 is 11.9 Å². The van der Waals surface area contributed by atoms with E-state index >= 15 is 0 Å². The van der Waals surface area contributed by atoms with Crippen molar-refractivity contribution < 1.29 is 24.2 Å². The van der Waals surface area contributed by atoms with E-state index in [-0.39, 0.29) is 24.5 Å². The van der Waals surface area contributed by atoms with Crippen molar-refractivity contribution in [3.63, 3.8) is 0 Å². The number of nitrogens with one attached hydrogen (secondary N) is 1. The van der Waals surface area contributed by atoms with Gasteiger partial charge in [-0.1, -0.05) is 153 Å². The van der Waals surface area contributed by atoms with E-state index < -0.39 is 5.97 Å². The number of aliphatic carboxylic acids is 1. The van der Waals surface area contributed by atoms with Crippen molar-refractivity contribution >= 4 is 17.8 Å². The number of hydrogen-bond acceptors (Lipinski definition) is 4. The molecule has 1 atom stereocenters. The van der Waals surface area contributed by atoms with Crippen LogP contribution in [0.3, 0.4) is 0 Å². The first kappa shape index (κ1) is 46.4. The van der Waals surface area contributed by atoms with Crippen LogP contribution in [0.15, 0.2) is 48.6 Å². The fraction of sp³-hybridized carbons (Fsp3) is 0.744. The molecule has 1 unspecified atom stereocenters. The highest BCUT2D eigenvalue weighted by Crippen LogP contribution is 2.16. The first-order chi connectivity index (χ1) is 24.0. The van der Waals surface area contributed by atoms with Gasteiger partial charge in [0.1, 0.15) is 12.6 Å². The summed E-state index contributed by atoms with van der Waals surface area (Å²) in [5.41, 5.74) is 0. The smallest absolute Gasteiger partial charge is 0.322 e. The Kier molecular flexibility index (Phi) is 36.1. The van der Waals surface area contributed by atoms with Gasteiger partial charge in [-0.15, -0.1) is 0 Å². The molecule has 282 valence electrons. The van der Waals surface area contributed by atoms with Crippen LogP contribution in [0, 0.1) is 0 Å². The molecule has 0 rings (SSSR count). The number of carbonyl (C=O) groups excluding carboxylic acids is 2. The molecule has 0 saturated carbocycles. The number of rotatable bonds is 36. The van der Waals surface area contributed by atoms with Crippen LogP contribution in [0.2, 0.25) is 0 Å². The maximum atomic E-state index is 12.7. The largest absolute Gasteiger partial charge is 0.480 e. The van der Waals surface area contributed by atoms with Gasteiger partial charge in [0.25, 0.3) is 0 Å². The number of carbonyl (C=O) groups is 3. The molecule has 0 aromatic heterocycles. The summed E-state index contributed by atoms with van der Waals surface area (Å²) in [6.07, 6.45) is 48.2. The van der Waals surface area contributed by atoms with Crippen molar-refractivity contribution in [3.8, 4) is 0 Å². The summed E-state index contributed by atoms with van der Waals surface area (Å²) in [6.45, 7) is 4.10. The average Bonchev–Trinajstić information content (AvgIpc) is 3.08. The summed E-state index contributed by atoms with van der Waals surface area (Å²) >= 11 is 0. The third kappa shape index (κ3) is 38.0. The molecule has 0 aliphatic rings. The van der Waals surface area contributed by atoms with E-state index in [1.807, 2.05) is 0 Å². The second kappa shape index (κ2) is 38.2. The van der Waals surface area contributed by atoms with Crippen LogP contribution in [0.25, 0.3) is 0 Å². The van der Waals surface area contributed by atoms with Crippen molar-refractivity contribution in [1.29, 1.82) is 0 Å². The maximum absolute atomic E-state index is 12.7. The van der Waals surface area contributed by atoms with Crippen molar-refractivity contribution in [3.05, 3.63) is 48.6 Å². The fourth-order valence-corrected chi connectivity index (χ4v) is 5.73. The van der Waals surface area contributed by atoms with Crippen LogP contribution in [0.5, 0.6) is 0 Å². The summed E-state index contributed by atoms with van der Waals surface area (Å²) in [5.74, 6) is -1.28. The number of esters is 1. The zero-order valence-electron chi connectivity index (χ0n) is 31.8. The van der Waals surface area contributed by atoms with Gasteiger partial charge in [0.05, 0.1) is 0 Å². The minimum absolute atomic E-state index is 0.0641. The van der Waals surface area contributed by atoms with Gasteiger partial charge in [-0.25, -0.2) is 0 Å². The van der Waals surface area contributed by atoms with Crippen LogP contribution in [-0.4, -0.2) is 35.6 Å². The summed E-state index contributed by atoms with van der Waals surface area (Å²) < 4.78 is 5.94. The van der Waals surface area contributed by atoms with Crippen molar-refractivity contribution in [2.75, 3.05) is 6.54 Å². The predicted molar refractivity (Wildman–Crippen MR) is 208 cm³/mol. The molecule has 6 nitrogen and oxygen atoms in total. The van der Waals surface area contributed by atoms with Gasteiger partial charge in [0, 0.05) is 12.8 Å². The first-order valence-electron chi connectivity index (χ1n) is 20.3. The molecule has 6 heteroatoms. The maximum Gasteiger partial charge on any atom is 0.322 e. The van der Waals surface area contributed by atoms with E-state index in [9.17, 15) is 14.4 Å². The zero-order valence-corrected chi connectivity index (χ0v) is 31.8. The van der Waals surface area contributed by atoms with Gasteiger partial charge in [-0.05, 0) is 76.7 Å². The van der Waals surface area contributed by atoms with Crippen LogP contribution in [0.4, 0.5) is 0 Å². The molecule has 0 radical (unpaired) electrons. The van der Waals surface area contributed by atoms with Gasteiger partial charge in [0.2, 0.25) is 5.91 Å². The molecule has 0 aromatic rings. The number of carboxylic acids is 1. The van der Waals surface area contributed by atoms with E-state index in [2.05, 4.69) is 67.8 Å². The highest BCUT2D eigenvalue weighted by Gasteiger charge is 2.11. The Hall–Kier alpha value is -2.63. The Morgan fingerprint density at radius 3 is 1.65 bits per heavy atom. The van der Waals surface area contributed by atoms with Gasteiger partial charge in [0.15, 0.2) is 0 Å². The lowest BCUT2D eigenvalue weighted by molar-refractivity contribution is -0.147. The standard InChI is InChI=1S/C43H75NO5/c1-3-5-7-9-11-13-14-15-16-17-18-19-20-22-24-30-34-38-43(48)49-40(35-31-27-23-21-12-10-8-6-4-2)36-32-28-25-26-29-33-37-41(45)44-39-42(46)47/h5,7,11,13,15-16,31,35,40H,3-4,6,8-10,12,14,17-30,32-34,36-39H2,1-2H3,(H,44,45)(H,46,47)/b7-5-,13-11-,16-15-,35-31-. The summed E-state index contributed by atoms with van der Waals surface area (Å²) in [4.78, 5) is 34.9. The molecule has 1 amide bonds. The summed E-state index contributed by atoms with van der Waals surface area (Å²) in [5, 5.41) is 11.0. The second-order valence-electron chi connectivity index (χ2n) is 13.5.